The van der Waals surface area contributed by atoms with Gasteiger partial charge in [0.15, 0.2) is 0 Å². The molecule has 0 amide bonds. The van der Waals surface area contributed by atoms with Crippen LogP contribution < -0.4 is 5.32 Å². The lowest BCUT2D eigenvalue weighted by molar-refractivity contribution is 0.555. The molecule has 0 aliphatic carbocycles. The Bertz CT molecular complexity index is 611. The van der Waals surface area contributed by atoms with Crippen LogP contribution in [0.5, 0.6) is 0 Å². The summed E-state index contributed by atoms with van der Waals surface area (Å²) < 4.78 is 40.9. The molecule has 1 unspecified atom stereocenters. The molecule has 0 aliphatic heterocycles. The molecule has 0 fully saturated rings. The molecule has 1 atom stereocenters. The van der Waals surface area contributed by atoms with Gasteiger partial charge in [0, 0.05) is 6.07 Å². The third-order valence-electron chi connectivity index (χ3n) is 3.09. The highest BCUT2D eigenvalue weighted by molar-refractivity contribution is 9.10. The molecule has 0 radical (unpaired) electrons. The van der Waals surface area contributed by atoms with Crippen molar-refractivity contribution in [1.82, 2.24) is 5.32 Å². The molecule has 0 aliphatic rings. The van der Waals surface area contributed by atoms with Gasteiger partial charge in [-0.3, -0.25) is 0 Å². The van der Waals surface area contributed by atoms with E-state index in [1.807, 2.05) is 6.92 Å². The minimum atomic E-state index is -0.647. The van der Waals surface area contributed by atoms with Gasteiger partial charge >= 0.3 is 0 Å². The maximum atomic E-state index is 13.7. The summed E-state index contributed by atoms with van der Waals surface area (Å²) in [7, 11) is 0. The zero-order valence-electron chi connectivity index (χ0n) is 11.5. The van der Waals surface area contributed by atoms with Crippen molar-refractivity contribution >= 4 is 15.9 Å². The molecule has 1 nitrogen and oxygen atoms in total. The lowest BCUT2D eigenvalue weighted by Crippen LogP contribution is -2.23. The Hall–Kier alpha value is -1.33. The number of nitrogens with one attached hydrogen (secondary N) is 1. The van der Waals surface area contributed by atoms with Crippen molar-refractivity contribution in [2.45, 2.75) is 19.4 Å². The SMILES string of the molecule is CCCNC(c1cc(F)cc(F)c1)c1ccc(Br)c(F)c1. The second-order valence-electron chi connectivity index (χ2n) is 4.76. The Morgan fingerprint density at radius 1 is 1.00 bits per heavy atom. The van der Waals surface area contributed by atoms with Gasteiger partial charge in [-0.2, -0.15) is 0 Å². The topological polar surface area (TPSA) is 12.0 Å². The van der Waals surface area contributed by atoms with E-state index in [2.05, 4.69) is 21.2 Å². The Labute approximate surface area is 130 Å². The van der Waals surface area contributed by atoms with E-state index in [-0.39, 0.29) is 0 Å². The molecule has 0 spiro atoms. The van der Waals surface area contributed by atoms with Crippen molar-refractivity contribution in [2.24, 2.45) is 0 Å². The van der Waals surface area contributed by atoms with Crippen LogP contribution in [0.2, 0.25) is 0 Å². The molecule has 112 valence electrons. The summed E-state index contributed by atoms with van der Waals surface area (Å²) in [6.45, 7) is 2.64. The van der Waals surface area contributed by atoms with Crippen molar-refractivity contribution in [3.8, 4) is 0 Å². The van der Waals surface area contributed by atoms with Gasteiger partial charge in [-0.25, -0.2) is 13.2 Å². The highest BCUT2D eigenvalue weighted by Crippen LogP contribution is 2.27. The second kappa shape index (κ2) is 7.09. The standard InChI is InChI=1S/C16H15BrF3N/c1-2-5-21-16(10-3-4-14(17)15(20)8-10)11-6-12(18)9-13(19)7-11/h3-4,6-9,16,21H,2,5H2,1H3. The van der Waals surface area contributed by atoms with Crippen molar-refractivity contribution in [1.29, 1.82) is 0 Å². The van der Waals surface area contributed by atoms with Crippen molar-refractivity contribution < 1.29 is 13.2 Å². The van der Waals surface area contributed by atoms with Gasteiger partial charge in [0.2, 0.25) is 0 Å². The second-order valence-corrected chi connectivity index (χ2v) is 5.62. The molecule has 0 bridgehead atoms. The maximum absolute atomic E-state index is 13.7. The van der Waals surface area contributed by atoms with Crippen LogP contribution in [-0.2, 0) is 0 Å². The molecule has 0 saturated carbocycles. The highest BCUT2D eigenvalue weighted by Gasteiger charge is 2.16. The van der Waals surface area contributed by atoms with Gasteiger partial charge < -0.3 is 5.32 Å². The summed E-state index contributed by atoms with van der Waals surface area (Å²) in [4.78, 5) is 0. The van der Waals surface area contributed by atoms with Gasteiger partial charge in [0.25, 0.3) is 0 Å². The van der Waals surface area contributed by atoms with E-state index in [0.29, 0.717) is 22.1 Å². The van der Waals surface area contributed by atoms with E-state index in [0.717, 1.165) is 12.5 Å². The molecular weight excluding hydrogens is 343 g/mol. The maximum Gasteiger partial charge on any atom is 0.137 e. The van der Waals surface area contributed by atoms with E-state index in [4.69, 9.17) is 0 Å². The summed E-state index contributed by atoms with van der Waals surface area (Å²) in [6, 6.07) is 7.55. The van der Waals surface area contributed by atoms with Crippen LogP contribution in [0.15, 0.2) is 40.9 Å². The van der Waals surface area contributed by atoms with E-state index in [1.165, 1.54) is 18.2 Å². The van der Waals surface area contributed by atoms with Crippen LogP contribution in [0.3, 0.4) is 0 Å². The molecule has 0 aromatic heterocycles. The quantitative estimate of drug-likeness (QED) is 0.797. The van der Waals surface area contributed by atoms with E-state index in [1.54, 1.807) is 12.1 Å². The first kappa shape index (κ1) is 16.0. The van der Waals surface area contributed by atoms with E-state index >= 15 is 0 Å². The zero-order valence-corrected chi connectivity index (χ0v) is 13.1. The molecule has 1 N–H and O–H groups in total. The Kier molecular flexibility index (Phi) is 5.42. The van der Waals surface area contributed by atoms with Crippen LogP contribution >= 0.6 is 15.9 Å². The van der Waals surface area contributed by atoms with Gasteiger partial charge in [-0.1, -0.05) is 13.0 Å². The van der Waals surface area contributed by atoms with Crippen molar-refractivity contribution in [2.75, 3.05) is 6.54 Å². The number of hydrogen-bond acceptors (Lipinski definition) is 1. The van der Waals surface area contributed by atoms with Crippen LogP contribution in [-0.4, -0.2) is 6.54 Å². The fourth-order valence-corrected chi connectivity index (χ4v) is 2.40. The molecule has 2 aromatic carbocycles. The highest BCUT2D eigenvalue weighted by atomic mass is 79.9. The Morgan fingerprint density at radius 3 is 2.24 bits per heavy atom. The molecule has 0 heterocycles. The first-order chi connectivity index (χ1) is 10.0. The zero-order chi connectivity index (χ0) is 15.4. The molecule has 5 heteroatoms. The third kappa shape index (κ3) is 4.08. The summed E-state index contributed by atoms with van der Waals surface area (Å²) in [6.07, 6.45) is 0.854. The summed E-state index contributed by atoms with van der Waals surface area (Å²) in [5.74, 6) is -1.70. The number of benzene rings is 2. The van der Waals surface area contributed by atoms with Crippen LogP contribution in [0.1, 0.15) is 30.5 Å². The summed E-state index contributed by atoms with van der Waals surface area (Å²) >= 11 is 3.10. The number of halogens is 4. The fourth-order valence-electron chi connectivity index (χ4n) is 2.15. The summed E-state index contributed by atoms with van der Waals surface area (Å²) in [5, 5.41) is 3.19. The van der Waals surface area contributed by atoms with Gasteiger partial charge in [-0.15, -0.1) is 0 Å². The number of rotatable bonds is 5. The van der Waals surface area contributed by atoms with Crippen LogP contribution in [0.4, 0.5) is 13.2 Å². The molecule has 2 rings (SSSR count). The minimum Gasteiger partial charge on any atom is -0.306 e. The van der Waals surface area contributed by atoms with E-state index < -0.39 is 23.5 Å². The average molecular weight is 358 g/mol. The Morgan fingerprint density at radius 2 is 1.67 bits per heavy atom. The minimum absolute atomic E-state index is 0.353. The molecule has 2 aromatic rings. The van der Waals surface area contributed by atoms with Crippen LogP contribution in [0.25, 0.3) is 0 Å². The number of hydrogen-bond donors (Lipinski definition) is 1. The Balaban J connectivity index is 2.43. The smallest absolute Gasteiger partial charge is 0.137 e. The van der Waals surface area contributed by atoms with Crippen molar-refractivity contribution in [3.05, 3.63) is 69.4 Å². The molecule has 0 saturated heterocycles. The van der Waals surface area contributed by atoms with Gasteiger partial charge in [0.1, 0.15) is 17.5 Å². The largest absolute Gasteiger partial charge is 0.306 e. The van der Waals surface area contributed by atoms with Crippen LogP contribution in [0, 0.1) is 17.5 Å². The summed E-state index contributed by atoms with van der Waals surface area (Å²) in [5.41, 5.74) is 1.05. The first-order valence-corrected chi connectivity index (χ1v) is 7.45. The average Bonchev–Trinajstić information content (AvgIpc) is 2.42. The molecule has 21 heavy (non-hydrogen) atoms. The first-order valence-electron chi connectivity index (χ1n) is 6.65. The normalized spacial score (nSPS) is 12.4. The van der Waals surface area contributed by atoms with Gasteiger partial charge in [0.05, 0.1) is 10.5 Å². The predicted molar refractivity (Wildman–Crippen MR) is 80.6 cm³/mol. The fraction of sp³-hybridized carbons (Fsp3) is 0.250. The van der Waals surface area contributed by atoms with Crippen molar-refractivity contribution in [3.63, 3.8) is 0 Å². The third-order valence-corrected chi connectivity index (χ3v) is 3.74. The lowest BCUT2D eigenvalue weighted by Gasteiger charge is -2.20. The van der Waals surface area contributed by atoms with E-state index in [9.17, 15) is 13.2 Å². The predicted octanol–water partition coefficient (Wildman–Crippen LogP) is 4.96. The van der Waals surface area contributed by atoms with Gasteiger partial charge in [-0.05, 0) is 64.3 Å². The lowest BCUT2D eigenvalue weighted by atomic mass is 9.98. The molecular formula is C16H15BrF3N. The monoisotopic (exact) mass is 357 g/mol.